The summed E-state index contributed by atoms with van der Waals surface area (Å²) in [7, 11) is 0. The molecule has 1 aromatic heterocycles. The number of hydrogen-bond acceptors (Lipinski definition) is 3. The molecule has 1 amide bonds. The number of alkyl halides is 3. The van der Waals surface area contributed by atoms with Gasteiger partial charge in [0.1, 0.15) is 0 Å². The third-order valence-electron chi connectivity index (χ3n) is 2.94. The lowest BCUT2D eigenvalue weighted by molar-refractivity contribution is -0.137. The number of benzene rings is 1. The van der Waals surface area contributed by atoms with Crippen LogP contribution in [0.15, 0.2) is 30.5 Å². The maximum absolute atomic E-state index is 13.0. The topological polar surface area (TPSA) is 96.8 Å². The van der Waals surface area contributed by atoms with Crippen LogP contribution < -0.4 is 11.1 Å². The third kappa shape index (κ3) is 2.92. The SMILES string of the molecule is Cc1c(C(=O)NC(=N)N)cnn1-c1ccccc1C(F)(F)F. The standard InChI is InChI=1S/C13H12F3N5O/c1-7-8(11(22)20-12(17)18)6-19-21(7)10-5-3-2-4-9(10)13(14,15)16/h2-6H,1H3,(H4,17,18,20,22). The number of amides is 1. The van der Waals surface area contributed by atoms with Gasteiger partial charge in [0.2, 0.25) is 0 Å². The summed E-state index contributed by atoms with van der Waals surface area (Å²) in [4.78, 5) is 11.8. The summed E-state index contributed by atoms with van der Waals surface area (Å²) in [5, 5.41) is 12.9. The second-order valence-corrected chi connectivity index (χ2v) is 4.44. The van der Waals surface area contributed by atoms with Crippen molar-refractivity contribution in [2.45, 2.75) is 13.1 Å². The Morgan fingerprint density at radius 3 is 2.59 bits per heavy atom. The lowest BCUT2D eigenvalue weighted by atomic mass is 10.1. The molecule has 0 bridgehead atoms. The molecule has 22 heavy (non-hydrogen) atoms. The van der Waals surface area contributed by atoms with E-state index < -0.39 is 23.6 Å². The van der Waals surface area contributed by atoms with E-state index in [0.717, 1.165) is 16.9 Å². The molecule has 0 saturated carbocycles. The third-order valence-corrected chi connectivity index (χ3v) is 2.94. The van der Waals surface area contributed by atoms with E-state index in [1.807, 2.05) is 0 Å². The van der Waals surface area contributed by atoms with E-state index >= 15 is 0 Å². The normalized spacial score (nSPS) is 11.3. The molecule has 0 spiro atoms. The van der Waals surface area contributed by atoms with Gasteiger partial charge in [-0.2, -0.15) is 18.3 Å². The minimum atomic E-state index is -4.54. The van der Waals surface area contributed by atoms with E-state index in [2.05, 4.69) is 10.4 Å². The molecule has 2 aromatic rings. The van der Waals surface area contributed by atoms with E-state index in [4.69, 9.17) is 11.1 Å². The molecule has 0 atom stereocenters. The van der Waals surface area contributed by atoms with Crippen molar-refractivity contribution < 1.29 is 18.0 Å². The number of guanidine groups is 1. The minimum Gasteiger partial charge on any atom is -0.370 e. The van der Waals surface area contributed by atoms with Gasteiger partial charge in [0.15, 0.2) is 5.96 Å². The Morgan fingerprint density at radius 1 is 1.36 bits per heavy atom. The first-order chi connectivity index (χ1) is 10.2. The number of carbonyl (C=O) groups excluding carboxylic acids is 1. The van der Waals surface area contributed by atoms with Crippen LogP contribution in [0.3, 0.4) is 0 Å². The summed E-state index contributed by atoms with van der Waals surface area (Å²) >= 11 is 0. The fraction of sp³-hybridized carbons (Fsp3) is 0.154. The Balaban J connectivity index is 2.51. The highest BCUT2D eigenvalue weighted by Crippen LogP contribution is 2.34. The first kappa shape index (κ1) is 15.5. The number of nitrogens with two attached hydrogens (primary N) is 1. The van der Waals surface area contributed by atoms with Gasteiger partial charge in [-0.05, 0) is 19.1 Å². The zero-order valence-corrected chi connectivity index (χ0v) is 11.4. The Labute approximate surface area is 123 Å². The number of halogens is 3. The van der Waals surface area contributed by atoms with Crippen molar-refractivity contribution in [2.75, 3.05) is 0 Å². The van der Waals surface area contributed by atoms with Crippen molar-refractivity contribution in [3.63, 3.8) is 0 Å². The maximum Gasteiger partial charge on any atom is 0.418 e. The van der Waals surface area contributed by atoms with Gasteiger partial charge in [-0.3, -0.25) is 15.5 Å². The quantitative estimate of drug-likeness (QED) is 0.583. The minimum absolute atomic E-state index is 0.0344. The highest BCUT2D eigenvalue weighted by molar-refractivity contribution is 6.04. The molecule has 2 rings (SSSR count). The van der Waals surface area contributed by atoms with E-state index in [1.54, 1.807) is 0 Å². The molecule has 0 unspecified atom stereocenters. The van der Waals surface area contributed by atoms with Crippen LogP contribution in [0.2, 0.25) is 0 Å². The van der Waals surface area contributed by atoms with E-state index in [0.29, 0.717) is 0 Å². The molecule has 6 nitrogen and oxygen atoms in total. The van der Waals surface area contributed by atoms with Crippen LogP contribution in [-0.4, -0.2) is 21.6 Å². The first-order valence-electron chi connectivity index (χ1n) is 6.08. The second-order valence-electron chi connectivity index (χ2n) is 4.44. The summed E-state index contributed by atoms with van der Waals surface area (Å²) in [6.07, 6.45) is -3.42. The summed E-state index contributed by atoms with van der Waals surface area (Å²) < 4.78 is 40.1. The van der Waals surface area contributed by atoms with Crippen molar-refractivity contribution in [1.82, 2.24) is 15.1 Å². The van der Waals surface area contributed by atoms with Crippen molar-refractivity contribution in [3.05, 3.63) is 47.3 Å². The van der Waals surface area contributed by atoms with Crippen LogP contribution in [0.4, 0.5) is 13.2 Å². The Kier molecular flexibility index (Phi) is 3.89. The average molecular weight is 311 g/mol. The average Bonchev–Trinajstić information content (AvgIpc) is 2.79. The van der Waals surface area contributed by atoms with Gasteiger partial charge in [-0.15, -0.1) is 0 Å². The monoisotopic (exact) mass is 311 g/mol. The largest absolute Gasteiger partial charge is 0.418 e. The number of aromatic nitrogens is 2. The van der Waals surface area contributed by atoms with Gasteiger partial charge < -0.3 is 5.73 Å². The lowest BCUT2D eigenvalue weighted by Gasteiger charge is -2.13. The molecule has 4 N–H and O–H groups in total. The number of rotatable bonds is 2. The number of para-hydroxylation sites is 1. The van der Waals surface area contributed by atoms with Crippen molar-refractivity contribution in [1.29, 1.82) is 5.41 Å². The van der Waals surface area contributed by atoms with E-state index in [1.165, 1.54) is 25.1 Å². The number of nitrogens with one attached hydrogen (secondary N) is 2. The smallest absolute Gasteiger partial charge is 0.370 e. The molecule has 9 heteroatoms. The predicted molar refractivity (Wildman–Crippen MR) is 72.7 cm³/mol. The molecule has 0 aliphatic heterocycles. The summed E-state index contributed by atoms with van der Waals surface area (Å²) in [5.74, 6) is -1.27. The van der Waals surface area contributed by atoms with Crippen molar-refractivity contribution in [2.24, 2.45) is 5.73 Å². The summed E-state index contributed by atoms with van der Waals surface area (Å²) in [6, 6.07) is 4.91. The van der Waals surface area contributed by atoms with E-state index in [-0.39, 0.29) is 16.9 Å². The molecular weight excluding hydrogens is 299 g/mol. The zero-order chi connectivity index (χ0) is 16.5. The molecular formula is C13H12F3N5O. The Bertz CT molecular complexity index is 736. The second kappa shape index (κ2) is 5.51. The molecule has 0 fully saturated rings. The molecule has 116 valence electrons. The van der Waals surface area contributed by atoms with Crippen LogP contribution >= 0.6 is 0 Å². The summed E-state index contributed by atoms with van der Waals surface area (Å²) in [5.41, 5.74) is 4.25. The van der Waals surface area contributed by atoms with Gasteiger partial charge in [0.05, 0.1) is 28.7 Å². The molecule has 1 heterocycles. The Hall–Kier alpha value is -2.84. The van der Waals surface area contributed by atoms with Gasteiger partial charge in [0, 0.05) is 0 Å². The highest BCUT2D eigenvalue weighted by Gasteiger charge is 2.34. The fourth-order valence-corrected chi connectivity index (χ4v) is 1.96. The predicted octanol–water partition coefficient (Wildman–Crippen LogP) is 1.82. The van der Waals surface area contributed by atoms with Gasteiger partial charge >= 0.3 is 6.18 Å². The zero-order valence-electron chi connectivity index (χ0n) is 11.4. The van der Waals surface area contributed by atoms with Crippen LogP contribution in [0.25, 0.3) is 5.69 Å². The van der Waals surface area contributed by atoms with Gasteiger partial charge in [-0.25, -0.2) is 4.68 Å². The van der Waals surface area contributed by atoms with Crippen LogP contribution in [0, 0.1) is 12.3 Å². The molecule has 1 aromatic carbocycles. The van der Waals surface area contributed by atoms with Gasteiger partial charge in [0.25, 0.3) is 5.91 Å². The van der Waals surface area contributed by atoms with Crippen molar-refractivity contribution in [3.8, 4) is 5.69 Å². The lowest BCUT2D eigenvalue weighted by Crippen LogP contribution is -2.35. The maximum atomic E-state index is 13.0. The van der Waals surface area contributed by atoms with Crippen LogP contribution in [0.1, 0.15) is 21.6 Å². The highest BCUT2D eigenvalue weighted by atomic mass is 19.4. The number of nitrogens with zero attached hydrogens (tertiary/aromatic N) is 2. The van der Waals surface area contributed by atoms with Gasteiger partial charge in [-0.1, -0.05) is 12.1 Å². The Morgan fingerprint density at radius 2 is 2.00 bits per heavy atom. The first-order valence-corrected chi connectivity index (χ1v) is 6.08. The van der Waals surface area contributed by atoms with Crippen LogP contribution in [0.5, 0.6) is 0 Å². The molecule has 0 saturated heterocycles. The molecule has 0 radical (unpaired) electrons. The van der Waals surface area contributed by atoms with Crippen LogP contribution in [-0.2, 0) is 6.18 Å². The fourth-order valence-electron chi connectivity index (χ4n) is 1.96. The van der Waals surface area contributed by atoms with Crippen molar-refractivity contribution >= 4 is 11.9 Å². The number of hydrogen-bond donors (Lipinski definition) is 3. The summed E-state index contributed by atoms with van der Waals surface area (Å²) in [6.45, 7) is 1.45. The number of carbonyl (C=O) groups is 1. The molecule has 0 aliphatic carbocycles. The molecule has 0 aliphatic rings. The van der Waals surface area contributed by atoms with E-state index in [9.17, 15) is 18.0 Å².